The molecule has 0 radical (unpaired) electrons. The minimum Gasteiger partial charge on any atom is -0.435 e. The Bertz CT molecular complexity index is 3570. The largest absolute Gasteiger partial charge is 0.435 e. The third-order valence-corrected chi connectivity index (χ3v) is 12.3. The van der Waals surface area contributed by atoms with Crippen molar-refractivity contribution in [2.24, 2.45) is 0 Å². The fourth-order valence-corrected chi connectivity index (χ4v) is 9.45. The molecule has 9 aromatic carbocycles. The topological polar surface area (TPSA) is 64.7 Å². The van der Waals surface area contributed by atoms with Gasteiger partial charge in [-0.2, -0.15) is 0 Å². The van der Waals surface area contributed by atoms with Crippen LogP contribution in [-0.4, -0.2) is 19.9 Å². The van der Waals surface area contributed by atoms with Crippen molar-refractivity contribution < 1.29 is 4.42 Å². The molecule has 58 heavy (non-hydrogen) atoms. The van der Waals surface area contributed by atoms with E-state index in [1.807, 2.05) is 48.5 Å². The maximum Gasteiger partial charge on any atom is 0.227 e. The van der Waals surface area contributed by atoms with Gasteiger partial charge in [0.2, 0.25) is 5.89 Å². The Labute approximate surface area is 336 Å². The second-order valence-corrected chi connectivity index (χ2v) is 15.7. The molecule has 0 atom stereocenters. The standard InChI is InChI=1S/C52H30N4OS/c1-3-11-31(12-4-1)38-15-7-8-17-41(38)51-55-49(54-50(56-51)37-25-28-45-42(30-37)40-16-9-10-18-44(40)58-45)36-23-26-39-35(29-36)22-21-32-19-20-33-24-27-43-48(47(33)46(32)39)57-52(53-43)34-13-5-2-6-14-34/h1-30H. The predicted octanol–water partition coefficient (Wildman–Crippen LogP) is 14.2. The van der Waals surface area contributed by atoms with Crippen molar-refractivity contribution in [3.63, 3.8) is 0 Å². The summed E-state index contributed by atoms with van der Waals surface area (Å²) in [5, 5.41) is 9.07. The summed E-state index contributed by atoms with van der Waals surface area (Å²) in [5.41, 5.74) is 7.55. The van der Waals surface area contributed by atoms with Crippen LogP contribution in [0.15, 0.2) is 186 Å². The maximum atomic E-state index is 6.58. The van der Waals surface area contributed by atoms with Crippen molar-refractivity contribution in [2.45, 2.75) is 0 Å². The summed E-state index contributed by atoms with van der Waals surface area (Å²) >= 11 is 1.81. The van der Waals surface area contributed by atoms with Gasteiger partial charge in [-0.25, -0.2) is 19.9 Å². The molecule has 0 aliphatic rings. The first-order valence-corrected chi connectivity index (χ1v) is 20.1. The molecule has 0 N–H and O–H groups in total. The summed E-state index contributed by atoms with van der Waals surface area (Å²) in [4.78, 5) is 20.6. The molecular formula is C52H30N4OS. The van der Waals surface area contributed by atoms with Crippen molar-refractivity contribution in [3.05, 3.63) is 182 Å². The number of thiophene rings is 1. The van der Waals surface area contributed by atoms with E-state index in [-0.39, 0.29) is 0 Å². The number of hydrogen-bond acceptors (Lipinski definition) is 6. The summed E-state index contributed by atoms with van der Waals surface area (Å²) in [7, 11) is 0. The molecule has 3 aromatic heterocycles. The Morgan fingerprint density at radius 3 is 1.78 bits per heavy atom. The van der Waals surface area contributed by atoms with E-state index in [4.69, 9.17) is 24.4 Å². The maximum absolute atomic E-state index is 6.58. The van der Waals surface area contributed by atoms with Crippen LogP contribution in [0.25, 0.3) is 120 Å². The molecule has 0 saturated heterocycles. The van der Waals surface area contributed by atoms with Crippen LogP contribution in [0.3, 0.4) is 0 Å². The molecule has 0 spiro atoms. The van der Waals surface area contributed by atoms with Crippen molar-refractivity contribution in [1.29, 1.82) is 0 Å². The van der Waals surface area contributed by atoms with Gasteiger partial charge < -0.3 is 4.42 Å². The van der Waals surface area contributed by atoms with Crippen LogP contribution < -0.4 is 0 Å². The van der Waals surface area contributed by atoms with Crippen molar-refractivity contribution >= 4 is 74.9 Å². The summed E-state index contributed by atoms with van der Waals surface area (Å²) in [6, 6.07) is 63.4. The van der Waals surface area contributed by atoms with Gasteiger partial charge in [-0.05, 0) is 81.2 Å². The monoisotopic (exact) mass is 758 g/mol. The molecule has 5 nitrogen and oxygen atoms in total. The number of oxazole rings is 1. The number of benzene rings is 9. The molecule has 0 bridgehead atoms. The normalized spacial score (nSPS) is 11.8. The van der Waals surface area contributed by atoms with Crippen LogP contribution >= 0.6 is 11.3 Å². The van der Waals surface area contributed by atoms with Gasteiger partial charge in [0.15, 0.2) is 23.1 Å². The highest BCUT2D eigenvalue weighted by Crippen LogP contribution is 2.41. The van der Waals surface area contributed by atoms with Crippen LogP contribution in [0.2, 0.25) is 0 Å². The van der Waals surface area contributed by atoms with Gasteiger partial charge in [-0.15, -0.1) is 11.3 Å². The Morgan fingerprint density at radius 2 is 0.966 bits per heavy atom. The number of hydrogen-bond donors (Lipinski definition) is 0. The van der Waals surface area contributed by atoms with Gasteiger partial charge in [0.1, 0.15) is 5.52 Å². The molecule has 3 heterocycles. The molecule has 12 aromatic rings. The van der Waals surface area contributed by atoms with E-state index in [2.05, 4.69) is 133 Å². The number of aromatic nitrogens is 4. The van der Waals surface area contributed by atoms with E-state index in [1.165, 1.54) is 20.2 Å². The molecular weight excluding hydrogens is 729 g/mol. The Morgan fingerprint density at radius 1 is 0.362 bits per heavy atom. The van der Waals surface area contributed by atoms with Crippen LogP contribution in [0.4, 0.5) is 0 Å². The van der Waals surface area contributed by atoms with E-state index >= 15 is 0 Å². The molecule has 0 aliphatic heterocycles. The Balaban J connectivity index is 1.07. The van der Waals surface area contributed by atoms with E-state index in [1.54, 1.807) is 11.3 Å². The highest BCUT2D eigenvalue weighted by atomic mass is 32.1. The molecule has 0 aliphatic carbocycles. The third kappa shape index (κ3) is 5.30. The minimum atomic E-state index is 0.614. The van der Waals surface area contributed by atoms with E-state index < -0.39 is 0 Å². The SMILES string of the molecule is c1ccc(-c2nc3ccc4ccc5ccc6cc(-c7nc(-c8ccc9sc%10ccccc%10c9c8)nc(-c8ccccc8-c8ccccc8)n7)ccc6c5c4c3o2)cc1. The predicted molar refractivity (Wildman–Crippen MR) is 240 cm³/mol. The lowest BCUT2D eigenvalue weighted by Gasteiger charge is -2.13. The first kappa shape index (κ1) is 32.7. The lowest BCUT2D eigenvalue weighted by atomic mass is 9.95. The number of rotatable bonds is 5. The van der Waals surface area contributed by atoms with Crippen LogP contribution in [-0.2, 0) is 0 Å². The zero-order chi connectivity index (χ0) is 38.2. The van der Waals surface area contributed by atoms with Gasteiger partial charge in [0, 0.05) is 53.2 Å². The second kappa shape index (κ2) is 13.0. The van der Waals surface area contributed by atoms with Gasteiger partial charge in [0.05, 0.1) is 0 Å². The fourth-order valence-electron chi connectivity index (χ4n) is 8.36. The smallest absolute Gasteiger partial charge is 0.227 e. The second-order valence-electron chi connectivity index (χ2n) is 14.6. The van der Waals surface area contributed by atoms with Gasteiger partial charge in [-0.3, -0.25) is 0 Å². The first-order valence-electron chi connectivity index (χ1n) is 19.3. The zero-order valence-electron chi connectivity index (χ0n) is 30.9. The highest BCUT2D eigenvalue weighted by Gasteiger charge is 2.19. The first-order chi connectivity index (χ1) is 28.7. The van der Waals surface area contributed by atoms with Crippen molar-refractivity contribution in [3.8, 4) is 56.7 Å². The molecule has 12 rings (SSSR count). The average Bonchev–Trinajstić information content (AvgIpc) is 3.91. The minimum absolute atomic E-state index is 0.614. The summed E-state index contributed by atoms with van der Waals surface area (Å²) in [5.74, 6) is 2.49. The van der Waals surface area contributed by atoms with Gasteiger partial charge in [0.25, 0.3) is 0 Å². The zero-order valence-corrected chi connectivity index (χ0v) is 31.7. The quantitative estimate of drug-likeness (QED) is 0.164. The van der Waals surface area contributed by atoms with Crippen molar-refractivity contribution in [1.82, 2.24) is 19.9 Å². The Kier molecular flexibility index (Phi) is 7.33. The fraction of sp³-hybridized carbons (Fsp3) is 0. The number of fused-ring (bicyclic) bond motifs is 10. The third-order valence-electron chi connectivity index (χ3n) is 11.1. The summed E-state index contributed by atoms with van der Waals surface area (Å²) < 4.78 is 9.08. The van der Waals surface area contributed by atoms with Crippen LogP contribution in [0.5, 0.6) is 0 Å². The van der Waals surface area contributed by atoms with Gasteiger partial charge in [-0.1, -0.05) is 133 Å². The lowest BCUT2D eigenvalue weighted by Crippen LogP contribution is -2.01. The van der Waals surface area contributed by atoms with Crippen LogP contribution in [0.1, 0.15) is 0 Å². The molecule has 0 saturated carbocycles. The molecule has 6 heteroatoms. The molecule has 0 fully saturated rings. The summed E-state index contributed by atoms with van der Waals surface area (Å²) in [6.45, 7) is 0. The van der Waals surface area contributed by atoms with Crippen molar-refractivity contribution in [2.75, 3.05) is 0 Å². The lowest BCUT2D eigenvalue weighted by molar-refractivity contribution is 0.623. The van der Waals surface area contributed by atoms with E-state index in [9.17, 15) is 0 Å². The Hall–Kier alpha value is -7.54. The van der Waals surface area contributed by atoms with Gasteiger partial charge >= 0.3 is 0 Å². The number of nitrogens with zero attached hydrogens (tertiary/aromatic N) is 4. The van der Waals surface area contributed by atoms with E-state index in [0.717, 1.165) is 76.8 Å². The van der Waals surface area contributed by atoms with Crippen LogP contribution in [0, 0.1) is 0 Å². The average molecular weight is 759 g/mol. The van der Waals surface area contributed by atoms with E-state index in [0.29, 0.717) is 23.4 Å². The molecule has 0 unspecified atom stereocenters. The summed E-state index contributed by atoms with van der Waals surface area (Å²) in [6.07, 6.45) is 0. The molecule has 0 amide bonds. The molecule has 270 valence electrons. The highest BCUT2D eigenvalue weighted by molar-refractivity contribution is 7.25.